The summed E-state index contributed by atoms with van der Waals surface area (Å²) in [6.45, 7) is 1.11. The van der Waals surface area contributed by atoms with Crippen LogP contribution < -0.4 is 0 Å². The van der Waals surface area contributed by atoms with Crippen molar-refractivity contribution in [3.63, 3.8) is 0 Å². The number of aliphatic hydroxyl groups excluding tert-OH is 1. The molecule has 2 heterocycles. The molecule has 0 aliphatic carbocycles. The van der Waals surface area contributed by atoms with Gasteiger partial charge in [-0.15, -0.1) is 0 Å². The summed E-state index contributed by atoms with van der Waals surface area (Å²) >= 11 is 3.30. The van der Waals surface area contributed by atoms with Gasteiger partial charge in [0, 0.05) is 23.4 Å². The highest BCUT2D eigenvalue weighted by Crippen LogP contribution is 2.41. The largest absolute Gasteiger partial charge is 0.507 e. The third kappa shape index (κ3) is 4.33. The summed E-state index contributed by atoms with van der Waals surface area (Å²) in [6, 6.07) is 7.21. The number of ketones is 1. The standard InChI is InChI=1S/C21H22BrN3O4/c1-24(2)10-3-11-25-18(13-6-8-23-9-7-13)17(20(28)21(25)29)19(27)15-12-14(22)4-5-16(15)26/h4-9,12,18,26-27H,3,10-11H2,1-2H3/b19-17-. The molecule has 1 saturated heterocycles. The number of phenols is 1. The van der Waals surface area contributed by atoms with Gasteiger partial charge < -0.3 is 20.0 Å². The number of nitrogens with zero attached hydrogens (tertiary/aromatic N) is 3. The molecule has 0 radical (unpaired) electrons. The monoisotopic (exact) mass is 459 g/mol. The van der Waals surface area contributed by atoms with Crippen molar-refractivity contribution < 1.29 is 19.8 Å². The Morgan fingerprint density at radius 1 is 1.21 bits per heavy atom. The molecule has 0 bridgehead atoms. The van der Waals surface area contributed by atoms with Crippen LogP contribution in [-0.2, 0) is 9.59 Å². The minimum Gasteiger partial charge on any atom is -0.507 e. The Balaban J connectivity index is 2.12. The molecule has 2 aromatic rings. The highest BCUT2D eigenvalue weighted by atomic mass is 79.9. The van der Waals surface area contributed by atoms with E-state index >= 15 is 0 Å². The number of pyridine rings is 1. The van der Waals surface area contributed by atoms with Gasteiger partial charge in [0.05, 0.1) is 17.2 Å². The maximum atomic E-state index is 12.9. The van der Waals surface area contributed by atoms with Crippen LogP contribution in [0.5, 0.6) is 5.75 Å². The number of aromatic hydroxyl groups is 1. The van der Waals surface area contributed by atoms with Crippen molar-refractivity contribution in [1.29, 1.82) is 0 Å². The number of likely N-dealkylation sites (tertiary alicyclic amines) is 1. The van der Waals surface area contributed by atoms with Gasteiger partial charge in [0.15, 0.2) is 0 Å². The Bertz CT molecular complexity index is 960. The molecule has 1 unspecified atom stereocenters. The first-order valence-corrected chi connectivity index (χ1v) is 9.92. The van der Waals surface area contributed by atoms with E-state index in [1.165, 1.54) is 17.0 Å². The smallest absolute Gasteiger partial charge is 0.295 e. The molecule has 29 heavy (non-hydrogen) atoms. The first-order chi connectivity index (χ1) is 13.8. The lowest BCUT2D eigenvalue weighted by Crippen LogP contribution is -2.32. The van der Waals surface area contributed by atoms with Gasteiger partial charge in [-0.1, -0.05) is 15.9 Å². The molecule has 3 rings (SSSR count). The zero-order chi connectivity index (χ0) is 21.1. The number of carbonyl (C=O) groups is 2. The molecule has 8 heteroatoms. The summed E-state index contributed by atoms with van der Waals surface area (Å²) in [5.74, 6) is -2.02. The van der Waals surface area contributed by atoms with E-state index in [0.29, 0.717) is 23.0 Å². The van der Waals surface area contributed by atoms with E-state index in [1.807, 2.05) is 19.0 Å². The second-order valence-electron chi connectivity index (χ2n) is 7.09. The van der Waals surface area contributed by atoms with E-state index in [-0.39, 0.29) is 16.9 Å². The third-order valence-electron chi connectivity index (χ3n) is 4.78. The fraction of sp³-hybridized carbons (Fsp3) is 0.286. The van der Waals surface area contributed by atoms with E-state index < -0.39 is 23.5 Å². The van der Waals surface area contributed by atoms with Crippen molar-refractivity contribution in [1.82, 2.24) is 14.8 Å². The Morgan fingerprint density at radius 3 is 2.55 bits per heavy atom. The van der Waals surface area contributed by atoms with E-state index in [1.54, 1.807) is 30.6 Å². The minimum atomic E-state index is -0.770. The van der Waals surface area contributed by atoms with Crippen LogP contribution in [0.4, 0.5) is 0 Å². The summed E-state index contributed by atoms with van der Waals surface area (Å²) in [5.41, 5.74) is 0.712. The van der Waals surface area contributed by atoms with Crippen molar-refractivity contribution >= 4 is 33.4 Å². The van der Waals surface area contributed by atoms with Crippen LogP contribution in [0, 0.1) is 0 Å². The van der Waals surface area contributed by atoms with Gasteiger partial charge in [-0.05, 0) is 63.0 Å². The van der Waals surface area contributed by atoms with E-state index in [2.05, 4.69) is 20.9 Å². The molecule has 1 fully saturated rings. The van der Waals surface area contributed by atoms with Gasteiger partial charge in [-0.3, -0.25) is 14.6 Å². The lowest BCUT2D eigenvalue weighted by Gasteiger charge is -2.25. The van der Waals surface area contributed by atoms with Crippen molar-refractivity contribution in [2.45, 2.75) is 12.5 Å². The van der Waals surface area contributed by atoms with Crippen LogP contribution in [0.15, 0.2) is 52.8 Å². The van der Waals surface area contributed by atoms with Crippen LogP contribution in [0.1, 0.15) is 23.6 Å². The van der Waals surface area contributed by atoms with Crippen LogP contribution in [-0.4, -0.2) is 63.9 Å². The molecule has 152 valence electrons. The maximum Gasteiger partial charge on any atom is 0.295 e. The molecular weight excluding hydrogens is 438 g/mol. The Hall–Kier alpha value is -2.71. The molecule has 7 nitrogen and oxygen atoms in total. The zero-order valence-electron chi connectivity index (χ0n) is 16.2. The van der Waals surface area contributed by atoms with E-state index in [0.717, 1.165) is 6.54 Å². The number of carbonyl (C=O) groups excluding carboxylic acids is 2. The molecule has 1 atom stereocenters. The fourth-order valence-electron chi connectivity index (χ4n) is 3.40. The molecule has 1 aliphatic rings. The number of phenolic OH excluding ortho intramolecular Hbond substituents is 1. The Labute approximate surface area is 177 Å². The zero-order valence-corrected chi connectivity index (χ0v) is 17.8. The number of Topliss-reactive ketones (excluding diaryl/α,β-unsaturated/α-hetero) is 1. The van der Waals surface area contributed by atoms with Gasteiger partial charge in [0.1, 0.15) is 11.5 Å². The predicted molar refractivity (Wildman–Crippen MR) is 112 cm³/mol. The van der Waals surface area contributed by atoms with E-state index in [9.17, 15) is 19.8 Å². The quantitative estimate of drug-likeness (QED) is 0.391. The van der Waals surface area contributed by atoms with Gasteiger partial charge in [-0.2, -0.15) is 0 Å². The van der Waals surface area contributed by atoms with E-state index in [4.69, 9.17) is 0 Å². The summed E-state index contributed by atoms with van der Waals surface area (Å²) in [6.07, 6.45) is 3.82. The number of aliphatic hydroxyl groups is 1. The van der Waals surface area contributed by atoms with Crippen LogP contribution in [0.25, 0.3) is 5.76 Å². The first kappa shape index (κ1) is 21.0. The van der Waals surface area contributed by atoms with Crippen molar-refractivity contribution in [2.75, 3.05) is 27.2 Å². The molecule has 0 spiro atoms. The average molecular weight is 460 g/mol. The number of hydrogen-bond acceptors (Lipinski definition) is 6. The molecule has 0 saturated carbocycles. The number of rotatable bonds is 6. The van der Waals surface area contributed by atoms with Gasteiger partial charge >= 0.3 is 0 Å². The number of aromatic nitrogens is 1. The number of amides is 1. The SMILES string of the molecule is CN(C)CCCN1C(=O)C(=O)/C(=C(\O)c2cc(Br)ccc2O)C1c1ccncc1. The first-order valence-electron chi connectivity index (χ1n) is 9.13. The van der Waals surface area contributed by atoms with Crippen LogP contribution in [0.3, 0.4) is 0 Å². The molecule has 1 aromatic carbocycles. The molecule has 1 amide bonds. The number of hydrogen-bond donors (Lipinski definition) is 2. The highest BCUT2D eigenvalue weighted by Gasteiger charge is 2.46. The maximum absolute atomic E-state index is 12.9. The Morgan fingerprint density at radius 2 is 1.90 bits per heavy atom. The topological polar surface area (TPSA) is 94.0 Å². The summed E-state index contributed by atoms with van der Waals surface area (Å²) in [4.78, 5) is 33.1. The van der Waals surface area contributed by atoms with Gasteiger partial charge in [-0.25, -0.2) is 0 Å². The average Bonchev–Trinajstić information content (AvgIpc) is 2.94. The second kappa shape index (κ2) is 8.75. The lowest BCUT2D eigenvalue weighted by atomic mass is 9.95. The summed E-state index contributed by atoms with van der Waals surface area (Å²) in [7, 11) is 3.87. The summed E-state index contributed by atoms with van der Waals surface area (Å²) < 4.78 is 0.623. The summed E-state index contributed by atoms with van der Waals surface area (Å²) in [5, 5.41) is 21.2. The minimum absolute atomic E-state index is 0.0422. The van der Waals surface area contributed by atoms with Crippen molar-refractivity contribution in [3.05, 3.63) is 63.9 Å². The normalized spacial score (nSPS) is 18.6. The van der Waals surface area contributed by atoms with Crippen LogP contribution in [0.2, 0.25) is 0 Å². The van der Waals surface area contributed by atoms with Gasteiger partial charge in [0.2, 0.25) is 0 Å². The lowest BCUT2D eigenvalue weighted by molar-refractivity contribution is -0.139. The Kier molecular flexibility index (Phi) is 6.34. The molecular formula is C21H22BrN3O4. The third-order valence-corrected chi connectivity index (χ3v) is 5.27. The van der Waals surface area contributed by atoms with Crippen molar-refractivity contribution in [3.8, 4) is 5.75 Å². The molecule has 1 aliphatic heterocycles. The molecule has 1 aromatic heterocycles. The number of halogens is 1. The van der Waals surface area contributed by atoms with Crippen LogP contribution >= 0.6 is 15.9 Å². The number of benzene rings is 1. The fourth-order valence-corrected chi connectivity index (χ4v) is 3.76. The highest BCUT2D eigenvalue weighted by molar-refractivity contribution is 9.10. The molecule has 2 N–H and O–H groups in total. The predicted octanol–water partition coefficient (Wildman–Crippen LogP) is 2.92. The van der Waals surface area contributed by atoms with Crippen molar-refractivity contribution in [2.24, 2.45) is 0 Å². The van der Waals surface area contributed by atoms with Gasteiger partial charge in [0.25, 0.3) is 11.7 Å². The second-order valence-corrected chi connectivity index (χ2v) is 8.01.